The number of carbonyl (C=O) groups is 1. The molecule has 0 unspecified atom stereocenters. The molecule has 2 heterocycles. The number of carbonyl (C=O) groups excluding carboxylic acids is 1. The zero-order chi connectivity index (χ0) is 14.7. The summed E-state index contributed by atoms with van der Waals surface area (Å²) in [6, 6.07) is 0.0219. The quantitative estimate of drug-likeness (QED) is 0.834. The molecule has 2 atom stereocenters. The Bertz CT molecular complexity index is 472. The number of hydrogen-bond donors (Lipinski definition) is 2. The molecule has 112 valence electrons. The number of likely N-dealkylation sites (tertiary alicyclic amines) is 1. The van der Waals surface area contributed by atoms with Gasteiger partial charge in [0, 0.05) is 31.0 Å². The van der Waals surface area contributed by atoms with Crippen LogP contribution in [0.1, 0.15) is 35.6 Å². The number of hydrogen-bond acceptors (Lipinski definition) is 4. The summed E-state index contributed by atoms with van der Waals surface area (Å²) < 4.78 is 5.69. The highest BCUT2D eigenvalue weighted by atomic mass is 16.5. The van der Waals surface area contributed by atoms with Crippen molar-refractivity contribution in [1.82, 2.24) is 20.4 Å². The first-order chi connectivity index (χ1) is 9.56. The lowest BCUT2D eigenvalue weighted by Gasteiger charge is -2.19. The maximum Gasteiger partial charge on any atom is 0.272 e. The number of nitrogens with zero attached hydrogens (tertiary/aromatic N) is 2. The second-order valence-electron chi connectivity index (χ2n) is 5.32. The maximum absolute atomic E-state index is 12.3. The molecule has 1 aromatic rings. The summed E-state index contributed by atoms with van der Waals surface area (Å²) in [5.74, 6) is -0.122. The van der Waals surface area contributed by atoms with Gasteiger partial charge in [0.25, 0.3) is 5.91 Å². The Morgan fingerprint density at radius 1 is 1.50 bits per heavy atom. The van der Waals surface area contributed by atoms with Crippen molar-refractivity contribution in [3.63, 3.8) is 0 Å². The smallest absolute Gasteiger partial charge is 0.272 e. The van der Waals surface area contributed by atoms with Crippen molar-refractivity contribution in [3.8, 4) is 0 Å². The zero-order valence-electron chi connectivity index (χ0n) is 12.7. The molecular formula is C14H24N4O2. The number of likely N-dealkylation sites (N-methyl/N-ethyl adjacent to an activating group) is 1. The molecule has 0 saturated carbocycles. The van der Waals surface area contributed by atoms with Crippen LogP contribution in [-0.4, -0.2) is 59.9 Å². The fourth-order valence-corrected chi connectivity index (χ4v) is 2.72. The fourth-order valence-electron chi connectivity index (χ4n) is 2.72. The van der Waals surface area contributed by atoms with Crippen LogP contribution >= 0.6 is 0 Å². The molecule has 1 aliphatic rings. The average molecular weight is 280 g/mol. The minimum Gasteiger partial charge on any atom is -0.375 e. The van der Waals surface area contributed by atoms with Crippen molar-refractivity contribution < 1.29 is 9.53 Å². The van der Waals surface area contributed by atoms with Gasteiger partial charge in [0.2, 0.25) is 0 Å². The lowest BCUT2D eigenvalue weighted by Crippen LogP contribution is -2.44. The largest absolute Gasteiger partial charge is 0.375 e. The van der Waals surface area contributed by atoms with Crippen LogP contribution < -0.4 is 5.32 Å². The number of rotatable bonds is 5. The summed E-state index contributed by atoms with van der Waals surface area (Å²) in [6.07, 6.45) is 0.902. The van der Waals surface area contributed by atoms with E-state index in [0.717, 1.165) is 30.8 Å². The number of nitrogens with one attached hydrogen (secondary N) is 2. The van der Waals surface area contributed by atoms with Crippen molar-refractivity contribution in [3.05, 3.63) is 17.0 Å². The normalized spacial score (nSPS) is 23.2. The number of aryl methyl sites for hydroxylation is 1. The van der Waals surface area contributed by atoms with E-state index in [2.05, 4.69) is 20.4 Å². The van der Waals surface area contributed by atoms with Crippen LogP contribution in [0.4, 0.5) is 0 Å². The second kappa shape index (κ2) is 6.37. The Morgan fingerprint density at radius 2 is 2.25 bits per heavy atom. The van der Waals surface area contributed by atoms with Gasteiger partial charge in [-0.1, -0.05) is 6.92 Å². The Kier molecular flexibility index (Phi) is 4.77. The molecule has 0 bridgehead atoms. The van der Waals surface area contributed by atoms with Gasteiger partial charge in [0.15, 0.2) is 5.69 Å². The summed E-state index contributed by atoms with van der Waals surface area (Å²) in [7, 11) is 2.03. The third kappa shape index (κ3) is 3.02. The van der Waals surface area contributed by atoms with Crippen LogP contribution in [0.5, 0.6) is 0 Å². The number of ether oxygens (including phenoxy) is 1. The fraction of sp³-hybridized carbons (Fsp3) is 0.714. The van der Waals surface area contributed by atoms with Gasteiger partial charge in [0.1, 0.15) is 0 Å². The topological polar surface area (TPSA) is 70.2 Å². The average Bonchev–Trinajstić information content (AvgIpc) is 2.93. The van der Waals surface area contributed by atoms with E-state index in [0.29, 0.717) is 12.3 Å². The predicted octanol–water partition coefficient (Wildman–Crippen LogP) is 0.729. The minimum atomic E-state index is -0.122. The van der Waals surface area contributed by atoms with Crippen molar-refractivity contribution in [2.75, 3.05) is 26.7 Å². The zero-order valence-corrected chi connectivity index (χ0v) is 12.7. The molecule has 2 N–H and O–H groups in total. The predicted molar refractivity (Wildman–Crippen MR) is 76.9 cm³/mol. The van der Waals surface area contributed by atoms with Gasteiger partial charge in [-0.25, -0.2) is 0 Å². The molecule has 0 radical (unpaired) electrons. The summed E-state index contributed by atoms with van der Waals surface area (Å²) in [6.45, 7) is 8.26. The molecule has 1 fully saturated rings. The van der Waals surface area contributed by atoms with E-state index in [4.69, 9.17) is 4.74 Å². The van der Waals surface area contributed by atoms with Gasteiger partial charge in [-0.3, -0.25) is 9.89 Å². The highest BCUT2D eigenvalue weighted by molar-refractivity contribution is 5.94. The first-order valence-electron chi connectivity index (χ1n) is 7.21. The van der Waals surface area contributed by atoms with E-state index in [1.54, 1.807) is 0 Å². The lowest BCUT2D eigenvalue weighted by molar-refractivity contribution is 0.0512. The molecule has 1 amide bonds. The van der Waals surface area contributed by atoms with Crippen LogP contribution in [0.3, 0.4) is 0 Å². The monoisotopic (exact) mass is 280 g/mol. The van der Waals surface area contributed by atoms with Gasteiger partial charge < -0.3 is 15.0 Å². The molecule has 2 rings (SSSR count). The van der Waals surface area contributed by atoms with Crippen molar-refractivity contribution in [2.45, 2.75) is 39.3 Å². The maximum atomic E-state index is 12.3. The first kappa shape index (κ1) is 15.0. The van der Waals surface area contributed by atoms with Crippen LogP contribution in [0.15, 0.2) is 0 Å². The van der Waals surface area contributed by atoms with Crippen LogP contribution in [0.25, 0.3) is 0 Å². The van der Waals surface area contributed by atoms with E-state index in [1.807, 2.05) is 27.8 Å². The van der Waals surface area contributed by atoms with Crippen molar-refractivity contribution >= 4 is 5.91 Å². The Balaban J connectivity index is 2.04. The van der Waals surface area contributed by atoms with Gasteiger partial charge in [-0.15, -0.1) is 0 Å². The number of aromatic amines is 1. The molecule has 0 spiro atoms. The lowest BCUT2D eigenvalue weighted by atomic mass is 10.1. The Labute approximate surface area is 119 Å². The molecular weight excluding hydrogens is 256 g/mol. The SMILES string of the molecule is CCO[C@H]1CN(C)C[C@@H]1NC(=O)c1n[nH]c(CC)c1C. The van der Waals surface area contributed by atoms with Gasteiger partial charge in [0.05, 0.1) is 12.1 Å². The molecule has 1 aliphatic heterocycles. The van der Waals surface area contributed by atoms with Crippen molar-refractivity contribution in [1.29, 1.82) is 0 Å². The summed E-state index contributed by atoms with van der Waals surface area (Å²) in [4.78, 5) is 14.5. The van der Waals surface area contributed by atoms with E-state index < -0.39 is 0 Å². The minimum absolute atomic E-state index is 0.0219. The molecule has 6 heteroatoms. The van der Waals surface area contributed by atoms with E-state index in [9.17, 15) is 4.79 Å². The molecule has 1 aromatic heterocycles. The van der Waals surface area contributed by atoms with Crippen molar-refractivity contribution in [2.24, 2.45) is 0 Å². The Hall–Kier alpha value is -1.40. The van der Waals surface area contributed by atoms with Gasteiger partial charge in [-0.2, -0.15) is 5.10 Å². The van der Waals surface area contributed by atoms with Crippen LogP contribution in [0.2, 0.25) is 0 Å². The van der Waals surface area contributed by atoms with E-state index in [1.165, 1.54) is 0 Å². The molecule has 0 aliphatic carbocycles. The standard InChI is InChI=1S/C14H24N4O2/c1-5-10-9(3)13(17-16-10)14(19)15-11-7-18(4)8-12(11)20-6-2/h11-12H,5-8H2,1-4H3,(H,15,19)(H,16,17)/t11-,12-/m0/s1. The summed E-state index contributed by atoms with van der Waals surface area (Å²) in [5, 5.41) is 10.1. The third-order valence-electron chi connectivity index (χ3n) is 3.83. The van der Waals surface area contributed by atoms with E-state index >= 15 is 0 Å². The van der Waals surface area contributed by atoms with E-state index in [-0.39, 0.29) is 18.1 Å². The highest BCUT2D eigenvalue weighted by Crippen LogP contribution is 2.14. The molecule has 1 saturated heterocycles. The van der Waals surface area contributed by atoms with Gasteiger partial charge >= 0.3 is 0 Å². The number of amides is 1. The number of H-pyrrole nitrogens is 1. The first-order valence-corrected chi connectivity index (χ1v) is 7.21. The van der Waals surface area contributed by atoms with Crippen LogP contribution in [-0.2, 0) is 11.2 Å². The highest BCUT2D eigenvalue weighted by Gasteiger charge is 2.33. The Morgan fingerprint density at radius 3 is 2.85 bits per heavy atom. The number of aromatic nitrogens is 2. The second-order valence-corrected chi connectivity index (χ2v) is 5.32. The van der Waals surface area contributed by atoms with Gasteiger partial charge in [-0.05, 0) is 27.3 Å². The molecule has 0 aromatic carbocycles. The summed E-state index contributed by atoms with van der Waals surface area (Å²) in [5.41, 5.74) is 2.44. The van der Waals surface area contributed by atoms with Crippen LogP contribution in [0, 0.1) is 6.92 Å². The molecule has 6 nitrogen and oxygen atoms in total. The molecule has 20 heavy (non-hydrogen) atoms. The third-order valence-corrected chi connectivity index (χ3v) is 3.83. The summed E-state index contributed by atoms with van der Waals surface area (Å²) >= 11 is 0.